The Kier molecular flexibility index (Phi) is 8.42. The number of rotatable bonds is 10. The van der Waals surface area contributed by atoms with Crippen LogP contribution in [0.25, 0.3) is 0 Å². The molecule has 0 spiro atoms. The lowest BCUT2D eigenvalue weighted by Gasteiger charge is -2.16. The Hall–Kier alpha value is -2.44. The van der Waals surface area contributed by atoms with Gasteiger partial charge in [-0.1, -0.05) is 23.1 Å². The zero-order chi connectivity index (χ0) is 20.5. The maximum absolute atomic E-state index is 12.8. The van der Waals surface area contributed by atoms with E-state index in [1.54, 1.807) is 12.1 Å². The minimum atomic E-state index is -0.324. The van der Waals surface area contributed by atoms with Crippen LogP contribution >= 0.6 is 23.1 Å². The van der Waals surface area contributed by atoms with E-state index in [0.717, 1.165) is 9.90 Å². The molecule has 1 aromatic heterocycles. The summed E-state index contributed by atoms with van der Waals surface area (Å²) < 4.78 is 17.9. The third kappa shape index (κ3) is 5.53. The van der Waals surface area contributed by atoms with Gasteiger partial charge in [0.05, 0.1) is 41.5 Å². The number of thiazole rings is 1. The first-order chi connectivity index (χ1) is 13.5. The number of ether oxygens (including phenoxy) is 3. The maximum Gasteiger partial charge on any atom is 0.257 e. The molecule has 28 heavy (non-hydrogen) atoms. The molecule has 0 atom stereocenters. The number of hydrogen-bond acceptors (Lipinski definition) is 8. The Labute approximate surface area is 173 Å². The van der Waals surface area contributed by atoms with E-state index in [9.17, 15) is 4.79 Å². The first kappa shape index (κ1) is 21.9. The highest BCUT2D eigenvalue weighted by Crippen LogP contribution is 2.39. The van der Waals surface area contributed by atoms with Crippen LogP contribution in [0.3, 0.4) is 0 Å². The predicted octanol–water partition coefficient (Wildman–Crippen LogP) is 4.52. The van der Waals surface area contributed by atoms with Crippen LogP contribution in [-0.4, -0.2) is 36.5 Å². The summed E-state index contributed by atoms with van der Waals surface area (Å²) in [5.74, 6) is 1.42. The molecule has 0 aliphatic rings. The van der Waals surface area contributed by atoms with Gasteiger partial charge in [0.25, 0.3) is 5.91 Å². The average molecular weight is 422 g/mol. The van der Waals surface area contributed by atoms with E-state index in [1.165, 1.54) is 23.1 Å². The van der Waals surface area contributed by atoms with E-state index in [1.807, 2.05) is 27.7 Å². The minimum Gasteiger partial charge on any atom is -0.490 e. The number of carbonyl (C=O) groups is 1. The SMILES string of the molecule is CCOc1cc(C(=O)Nc2nc(C)c(SCC#N)s2)cc(OCC)c1OCC. The Balaban J connectivity index is 2.30. The Morgan fingerprint density at radius 2 is 1.79 bits per heavy atom. The first-order valence-electron chi connectivity index (χ1n) is 8.88. The van der Waals surface area contributed by atoms with Crippen LogP contribution in [0.1, 0.15) is 36.8 Å². The number of anilines is 1. The van der Waals surface area contributed by atoms with Gasteiger partial charge in [0.1, 0.15) is 0 Å². The molecule has 9 heteroatoms. The van der Waals surface area contributed by atoms with Crippen LogP contribution in [0, 0.1) is 18.3 Å². The Morgan fingerprint density at radius 3 is 2.32 bits per heavy atom. The second-order valence-electron chi connectivity index (χ2n) is 5.39. The van der Waals surface area contributed by atoms with Gasteiger partial charge in [0, 0.05) is 5.56 Å². The number of carbonyl (C=O) groups excluding carboxylic acids is 1. The minimum absolute atomic E-state index is 0.324. The number of aryl methyl sites for hydroxylation is 1. The number of hydrogen-bond donors (Lipinski definition) is 1. The molecule has 0 fully saturated rings. The van der Waals surface area contributed by atoms with Crippen LogP contribution in [-0.2, 0) is 0 Å². The fraction of sp³-hybridized carbons (Fsp3) is 0.421. The van der Waals surface area contributed by atoms with E-state index >= 15 is 0 Å². The highest BCUT2D eigenvalue weighted by molar-refractivity contribution is 8.01. The third-order valence-electron chi connectivity index (χ3n) is 3.41. The van der Waals surface area contributed by atoms with E-state index in [0.29, 0.717) is 53.5 Å². The molecule has 2 rings (SSSR count). The molecule has 0 aliphatic carbocycles. The van der Waals surface area contributed by atoms with Crippen molar-refractivity contribution in [1.82, 2.24) is 4.98 Å². The molecule has 7 nitrogen and oxygen atoms in total. The molecular formula is C19H23N3O4S2. The number of benzene rings is 1. The van der Waals surface area contributed by atoms with Crippen molar-refractivity contribution in [1.29, 1.82) is 5.26 Å². The molecule has 1 aromatic carbocycles. The largest absolute Gasteiger partial charge is 0.490 e. The summed E-state index contributed by atoms with van der Waals surface area (Å²) in [5.41, 5.74) is 1.17. The lowest BCUT2D eigenvalue weighted by atomic mass is 10.1. The molecule has 0 unspecified atom stereocenters. The van der Waals surface area contributed by atoms with Crippen molar-refractivity contribution in [3.05, 3.63) is 23.4 Å². The molecule has 0 saturated heterocycles. The second kappa shape index (κ2) is 10.8. The number of amides is 1. The molecule has 2 aromatic rings. The summed E-state index contributed by atoms with van der Waals surface area (Å²) in [7, 11) is 0. The summed E-state index contributed by atoms with van der Waals surface area (Å²) in [5, 5.41) is 12.0. The van der Waals surface area contributed by atoms with Crippen molar-refractivity contribution in [2.24, 2.45) is 0 Å². The molecule has 0 saturated carbocycles. The van der Waals surface area contributed by atoms with Crippen molar-refractivity contribution in [2.75, 3.05) is 30.9 Å². The van der Waals surface area contributed by atoms with Gasteiger partial charge < -0.3 is 14.2 Å². The molecule has 0 bridgehead atoms. The van der Waals surface area contributed by atoms with Crippen LogP contribution < -0.4 is 19.5 Å². The molecule has 1 amide bonds. The molecule has 0 aliphatic heterocycles. The summed E-state index contributed by atoms with van der Waals surface area (Å²) >= 11 is 2.75. The summed E-state index contributed by atoms with van der Waals surface area (Å²) in [6, 6.07) is 5.36. The molecule has 1 heterocycles. The van der Waals surface area contributed by atoms with Crippen molar-refractivity contribution in [2.45, 2.75) is 31.9 Å². The van der Waals surface area contributed by atoms with Gasteiger partial charge >= 0.3 is 0 Å². The lowest BCUT2D eigenvalue weighted by molar-refractivity contribution is 0.102. The summed E-state index contributed by atoms with van der Waals surface area (Å²) in [6.07, 6.45) is 0. The van der Waals surface area contributed by atoms with Crippen molar-refractivity contribution in [3.8, 4) is 23.3 Å². The van der Waals surface area contributed by atoms with Gasteiger partial charge in [-0.25, -0.2) is 4.98 Å². The van der Waals surface area contributed by atoms with Crippen LogP contribution in [0.5, 0.6) is 17.2 Å². The second-order valence-corrected chi connectivity index (χ2v) is 7.64. The van der Waals surface area contributed by atoms with Gasteiger partial charge in [0.2, 0.25) is 5.75 Å². The van der Waals surface area contributed by atoms with Gasteiger partial charge in [-0.2, -0.15) is 5.26 Å². The smallest absolute Gasteiger partial charge is 0.257 e. The lowest BCUT2D eigenvalue weighted by Crippen LogP contribution is -2.13. The van der Waals surface area contributed by atoms with E-state index in [-0.39, 0.29) is 5.91 Å². The van der Waals surface area contributed by atoms with Crippen LogP contribution in [0.2, 0.25) is 0 Å². The van der Waals surface area contributed by atoms with Gasteiger partial charge in [-0.15, -0.1) is 0 Å². The fourth-order valence-corrected chi connectivity index (χ4v) is 4.15. The molecule has 150 valence electrons. The zero-order valence-corrected chi connectivity index (χ0v) is 18.0. The molecule has 0 radical (unpaired) electrons. The van der Waals surface area contributed by atoms with Crippen molar-refractivity contribution < 1.29 is 19.0 Å². The Morgan fingerprint density at radius 1 is 1.18 bits per heavy atom. The number of nitrogens with one attached hydrogen (secondary N) is 1. The first-order valence-corrected chi connectivity index (χ1v) is 10.7. The van der Waals surface area contributed by atoms with Crippen molar-refractivity contribution in [3.63, 3.8) is 0 Å². The highest BCUT2D eigenvalue weighted by Gasteiger charge is 2.19. The van der Waals surface area contributed by atoms with Gasteiger partial charge in [-0.3, -0.25) is 10.1 Å². The molecule has 1 N–H and O–H groups in total. The van der Waals surface area contributed by atoms with Gasteiger partial charge in [0.15, 0.2) is 16.6 Å². The third-order valence-corrected chi connectivity index (χ3v) is 5.72. The van der Waals surface area contributed by atoms with Gasteiger partial charge in [-0.05, 0) is 39.8 Å². The predicted molar refractivity (Wildman–Crippen MR) is 111 cm³/mol. The highest BCUT2D eigenvalue weighted by atomic mass is 32.2. The normalized spacial score (nSPS) is 10.2. The standard InChI is InChI=1S/C19H23N3O4S2/c1-5-24-14-10-13(11-15(25-6-2)16(14)26-7-3)17(23)22-19-21-12(4)18(28-19)27-9-8-20/h10-11H,5-7,9H2,1-4H3,(H,21,22,23). The Bertz CT molecular complexity index is 834. The van der Waals surface area contributed by atoms with E-state index in [2.05, 4.69) is 16.4 Å². The zero-order valence-electron chi connectivity index (χ0n) is 16.3. The quantitative estimate of drug-likeness (QED) is 0.564. The van der Waals surface area contributed by atoms with Crippen LogP contribution in [0.4, 0.5) is 5.13 Å². The summed E-state index contributed by atoms with van der Waals surface area (Å²) in [4.78, 5) is 17.1. The monoisotopic (exact) mass is 421 g/mol. The van der Waals surface area contributed by atoms with E-state index < -0.39 is 0 Å². The van der Waals surface area contributed by atoms with Crippen LogP contribution in [0.15, 0.2) is 16.3 Å². The summed E-state index contributed by atoms with van der Waals surface area (Å²) in [6.45, 7) is 8.77. The number of thioether (sulfide) groups is 1. The topological polar surface area (TPSA) is 93.5 Å². The van der Waals surface area contributed by atoms with Crippen molar-refractivity contribution >= 4 is 34.1 Å². The van der Waals surface area contributed by atoms with E-state index in [4.69, 9.17) is 19.5 Å². The fourth-order valence-electron chi connectivity index (χ4n) is 2.36. The maximum atomic E-state index is 12.8. The average Bonchev–Trinajstić information content (AvgIpc) is 3.01. The number of aromatic nitrogens is 1. The number of nitrogens with zero attached hydrogens (tertiary/aromatic N) is 2. The number of nitriles is 1. The molecular weight excluding hydrogens is 398 g/mol.